The summed E-state index contributed by atoms with van der Waals surface area (Å²) in [4.78, 5) is 37.1. The second-order valence-electron chi connectivity index (χ2n) is 7.91. The van der Waals surface area contributed by atoms with Gasteiger partial charge in [-0.25, -0.2) is 9.97 Å². The standard InChI is InChI=1S/C23H25N7O3/c1-12-7-17(24-4)18(8-13(12)2)25-10-15-9-19(33-30-15)14(3)28-23(32)21-16-5-6-20(31)29-22(16)27-11-26-21/h7-11,14,24H,5-6H2,1-4H3,(H,28,32)(H,26,27,29,31). The second-order valence-corrected chi connectivity index (χ2v) is 7.91. The Bertz CT molecular complexity index is 1250. The van der Waals surface area contributed by atoms with E-state index in [1.165, 1.54) is 11.9 Å². The maximum atomic E-state index is 12.8. The van der Waals surface area contributed by atoms with Gasteiger partial charge in [-0.05, 0) is 50.5 Å². The number of anilines is 2. The average molecular weight is 447 g/mol. The molecule has 0 radical (unpaired) electrons. The molecule has 1 aliphatic heterocycles. The highest BCUT2D eigenvalue weighted by atomic mass is 16.5. The van der Waals surface area contributed by atoms with E-state index in [1.54, 1.807) is 19.2 Å². The third-order valence-corrected chi connectivity index (χ3v) is 5.56. The average Bonchev–Trinajstić information content (AvgIpc) is 3.28. The van der Waals surface area contributed by atoms with Crippen LogP contribution in [0, 0.1) is 13.8 Å². The van der Waals surface area contributed by atoms with Gasteiger partial charge < -0.3 is 20.5 Å². The van der Waals surface area contributed by atoms with Crippen molar-refractivity contribution >= 4 is 35.2 Å². The van der Waals surface area contributed by atoms with Crippen molar-refractivity contribution in [3.05, 3.63) is 58.4 Å². The number of nitrogens with zero attached hydrogens (tertiary/aromatic N) is 4. The van der Waals surface area contributed by atoms with E-state index in [2.05, 4.69) is 43.0 Å². The molecule has 10 heteroatoms. The maximum Gasteiger partial charge on any atom is 0.270 e. The molecule has 10 nitrogen and oxygen atoms in total. The van der Waals surface area contributed by atoms with E-state index in [9.17, 15) is 9.59 Å². The van der Waals surface area contributed by atoms with Crippen LogP contribution in [0.15, 0.2) is 34.0 Å². The molecule has 33 heavy (non-hydrogen) atoms. The molecule has 3 heterocycles. The van der Waals surface area contributed by atoms with Gasteiger partial charge in [-0.15, -0.1) is 0 Å². The molecule has 0 fully saturated rings. The van der Waals surface area contributed by atoms with Crippen LogP contribution in [0.2, 0.25) is 0 Å². The summed E-state index contributed by atoms with van der Waals surface area (Å²) >= 11 is 0. The van der Waals surface area contributed by atoms with Crippen molar-refractivity contribution in [3.8, 4) is 0 Å². The first kappa shape index (κ1) is 22.1. The molecule has 2 amide bonds. The first-order valence-electron chi connectivity index (χ1n) is 10.6. The number of nitrogens with one attached hydrogen (secondary N) is 3. The number of aliphatic imine (C=N–C) groups is 1. The molecule has 2 aromatic heterocycles. The largest absolute Gasteiger partial charge is 0.386 e. The Morgan fingerprint density at radius 2 is 2.00 bits per heavy atom. The Labute approximate surface area is 190 Å². The van der Waals surface area contributed by atoms with Gasteiger partial charge in [-0.3, -0.25) is 14.6 Å². The maximum absolute atomic E-state index is 12.8. The van der Waals surface area contributed by atoms with Gasteiger partial charge in [0.1, 0.15) is 23.5 Å². The van der Waals surface area contributed by atoms with Crippen molar-refractivity contribution in [3.63, 3.8) is 0 Å². The minimum absolute atomic E-state index is 0.126. The summed E-state index contributed by atoms with van der Waals surface area (Å²) in [6.07, 6.45) is 3.58. The highest BCUT2D eigenvalue weighted by molar-refractivity contribution is 5.99. The Morgan fingerprint density at radius 3 is 2.79 bits per heavy atom. The number of rotatable bonds is 6. The number of carbonyl (C=O) groups excluding carboxylic acids is 2. The van der Waals surface area contributed by atoms with E-state index < -0.39 is 6.04 Å². The van der Waals surface area contributed by atoms with Gasteiger partial charge in [0.25, 0.3) is 5.91 Å². The van der Waals surface area contributed by atoms with E-state index in [0.717, 1.165) is 16.9 Å². The third kappa shape index (κ3) is 4.74. The molecule has 3 N–H and O–H groups in total. The van der Waals surface area contributed by atoms with Gasteiger partial charge in [0.15, 0.2) is 5.76 Å². The van der Waals surface area contributed by atoms with Gasteiger partial charge in [0, 0.05) is 25.1 Å². The molecule has 3 aromatic rings. The highest BCUT2D eigenvalue weighted by Crippen LogP contribution is 2.28. The van der Waals surface area contributed by atoms with Crippen LogP contribution < -0.4 is 16.0 Å². The van der Waals surface area contributed by atoms with E-state index in [1.807, 2.05) is 26.1 Å². The lowest BCUT2D eigenvalue weighted by molar-refractivity contribution is -0.116. The van der Waals surface area contributed by atoms with Crippen molar-refractivity contribution in [2.45, 2.75) is 39.7 Å². The number of hydrogen-bond donors (Lipinski definition) is 3. The van der Waals surface area contributed by atoms with Crippen LogP contribution in [0.25, 0.3) is 0 Å². The lowest BCUT2D eigenvalue weighted by Crippen LogP contribution is -2.30. The molecule has 0 aliphatic carbocycles. The van der Waals surface area contributed by atoms with Crippen LogP contribution in [-0.4, -0.2) is 40.2 Å². The number of carbonyl (C=O) groups is 2. The van der Waals surface area contributed by atoms with Crippen LogP contribution in [0.5, 0.6) is 0 Å². The quantitative estimate of drug-likeness (QED) is 0.494. The summed E-state index contributed by atoms with van der Waals surface area (Å²) in [5.41, 5.74) is 5.44. The van der Waals surface area contributed by atoms with Crippen LogP contribution in [0.1, 0.15) is 58.0 Å². The van der Waals surface area contributed by atoms with Gasteiger partial charge in [-0.1, -0.05) is 5.16 Å². The molecular formula is C23H25N7O3. The minimum atomic E-state index is -0.453. The fourth-order valence-electron chi connectivity index (χ4n) is 3.53. The number of hydrogen-bond acceptors (Lipinski definition) is 8. The molecule has 0 bridgehead atoms. The molecule has 170 valence electrons. The number of aryl methyl sites for hydroxylation is 2. The zero-order chi connectivity index (χ0) is 23.5. The van der Waals surface area contributed by atoms with Gasteiger partial charge >= 0.3 is 0 Å². The molecule has 1 aliphatic rings. The number of aromatic nitrogens is 3. The summed E-state index contributed by atoms with van der Waals surface area (Å²) in [5, 5.41) is 12.7. The van der Waals surface area contributed by atoms with Crippen molar-refractivity contribution in [2.24, 2.45) is 4.99 Å². The SMILES string of the molecule is CNc1cc(C)c(C)cc1N=Cc1cc(C(C)NC(=O)c2ncnc3c2CCC(=O)N3)on1. The molecule has 0 spiro atoms. The smallest absolute Gasteiger partial charge is 0.270 e. The van der Waals surface area contributed by atoms with Crippen molar-refractivity contribution in [2.75, 3.05) is 17.7 Å². The lowest BCUT2D eigenvalue weighted by Gasteiger charge is -2.18. The summed E-state index contributed by atoms with van der Waals surface area (Å²) in [6.45, 7) is 5.88. The van der Waals surface area contributed by atoms with Gasteiger partial charge in [0.05, 0.1) is 23.6 Å². The van der Waals surface area contributed by atoms with E-state index in [0.29, 0.717) is 29.3 Å². The summed E-state index contributed by atoms with van der Waals surface area (Å²) in [5.74, 6) is 0.358. The zero-order valence-corrected chi connectivity index (χ0v) is 18.9. The molecule has 1 atom stereocenters. The zero-order valence-electron chi connectivity index (χ0n) is 18.9. The molecule has 0 saturated carbocycles. The normalized spacial score (nSPS) is 14.0. The monoisotopic (exact) mass is 447 g/mol. The topological polar surface area (TPSA) is 134 Å². The van der Waals surface area contributed by atoms with Crippen LogP contribution in [0.3, 0.4) is 0 Å². The Kier molecular flexibility index (Phi) is 6.16. The first-order valence-corrected chi connectivity index (χ1v) is 10.6. The van der Waals surface area contributed by atoms with Crippen LogP contribution in [-0.2, 0) is 11.2 Å². The van der Waals surface area contributed by atoms with Crippen LogP contribution >= 0.6 is 0 Å². The second kappa shape index (κ2) is 9.19. The van der Waals surface area contributed by atoms with Crippen LogP contribution in [0.4, 0.5) is 17.2 Å². The van der Waals surface area contributed by atoms with E-state index in [-0.39, 0.29) is 23.9 Å². The fourth-order valence-corrected chi connectivity index (χ4v) is 3.53. The van der Waals surface area contributed by atoms with Crippen molar-refractivity contribution < 1.29 is 14.1 Å². The molecule has 4 rings (SSSR count). The fraction of sp³-hybridized carbons (Fsp3) is 0.304. The molecule has 1 aromatic carbocycles. The number of fused-ring (bicyclic) bond motifs is 1. The predicted octanol–water partition coefficient (Wildman–Crippen LogP) is 3.25. The van der Waals surface area contributed by atoms with Gasteiger partial charge in [0.2, 0.25) is 5.91 Å². The highest BCUT2D eigenvalue weighted by Gasteiger charge is 2.25. The Hall–Kier alpha value is -4.08. The molecular weight excluding hydrogens is 422 g/mol. The molecule has 1 unspecified atom stereocenters. The summed E-state index contributed by atoms with van der Waals surface area (Å²) in [7, 11) is 1.85. The first-order chi connectivity index (χ1) is 15.9. The Morgan fingerprint density at radius 1 is 1.21 bits per heavy atom. The third-order valence-electron chi connectivity index (χ3n) is 5.56. The summed E-state index contributed by atoms with van der Waals surface area (Å²) < 4.78 is 5.42. The summed E-state index contributed by atoms with van der Waals surface area (Å²) in [6, 6.07) is 5.33. The van der Waals surface area contributed by atoms with Crippen molar-refractivity contribution in [1.29, 1.82) is 0 Å². The lowest BCUT2D eigenvalue weighted by atomic mass is 10.0. The van der Waals surface area contributed by atoms with Crippen molar-refractivity contribution in [1.82, 2.24) is 20.4 Å². The number of benzene rings is 1. The van der Waals surface area contributed by atoms with Gasteiger partial charge in [-0.2, -0.15) is 0 Å². The van der Waals surface area contributed by atoms with E-state index >= 15 is 0 Å². The predicted molar refractivity (Wildman–Crippen MR) is 124 cm³/mol. The number of amides is 2. The molecule has 0 saturated heterocycles. The van der Waals surface area contributed by atoms with E-state index in [4.69, 9.17) is 4.52 Å². The Balaban J connectivity index is 1.47. The minimum Gasteiger partial charge on any atom is -0.386 e.